The van der Waals surface area contributed by atoms with Crippen LogP contribution in [0.25, 0.3) is 0 Å². The van der Waals surface area contributed by atoms with Crippen molar-refractivity contribution in [1.82, 2.24) is 9.78 Å². The predicted octanol–water partition coefficient (Wildman–Crippen LogP) is 0.559. The van der Waals surface area contributed by atoms with E-state index >= 15 is 0 Å². The minimum absolute atomic E-state index is 0.116. The lowest BCUT2D eigenvalue weighted by Crippen LogP contribution is -2.20. The van der Waals surface area contributed by atoms with E-state index in [0.29, 0.717) is 11.8 Å². The highest BCUT2D eigenvalue weighted by Gasteiger charge is 2.58. The number of ether oxygens (including phenoxy) is 1. The second kappa shape index (κ2) is 3.31. The van der Waals surface area contributed by atoms with E-state index in [2.05, 4.69) is 10.4 Å². The number of nitrogens with zero attached hydrogens (tertiary/aromatic N) is 2. The molecule has 3 atom stereocenters. The van der Waals surface area contributed by atoms with Crippen LogP contribution < -0.4 is 5.32 Å². The summed E-state index contributed by atoms with van der Waals surface area (Å²) in [4.78, 5) is 12.0. The minimum atomic E-state index is 0.116. The van der Waals surface area contributed by atoms with Crippen LogP contribution in [0.15, 0.2) is 6.20 Å². The molecule has 0 spiro atoms. The normalized spacial score (nSPS) is 31.2. The minimum Gasteiger partial charge on any atom is -0.381 e. The molecule has 16 heavy (non-hydrogen) atoms. The van der Waals surface area contributed by atoms with Crippen molar-refractivity contribution in [3.05, 3.63) is 11.8 Å². The maximum atomic E-state index is 12.0. The van der Waals surface area contributed by atoms with Gasteiger partial charge in [0.1, 0.15) is 5.82 Å². The Labute approximate surface area is 93.8 Å². The molecule has 5 nitrogen and oxygen atoms in total. The lowest BCUT2D eigenvalue weighted by atomic mass is 10.2. The number of aromatic nitrogens is 2. The van der Waals surface area contributed by atoms with Gasteiger partial charge in [0.25, 0.3) is 0 Å². The highest BCUT2D eigenvalue weighted by atomic mass is 16.5. The van der Waals surface area contributed by atoms with E-state index in [1.807, 2.05) is 14.0 Å². The number of fused-ring (bicyclic) bond motifs is 1. The van der Waals surface area contributed by atoms with Crippen molar-refractivity contribution in [2.75, 3.05) is 18.5 Å². The average Bonchev–Trinajstić information content (AvgIpc) is 2.58. The summed E-state index contributed by atoms with van der Waals surface area (Å²) in [5.41, 5.74) is 0.998. The number of carbonyl (C=O) groups is 1. The SMILES string of the molecule is Cc1cnn(C)c1NC(=O)C1[C@H]2COC[C@@H]12. The molecule has 0 aromatic carbocycles. The van der Waals surface area contributed by atoms with Gasteiger partial charge in [0.05, 0.1) is 19.4 Å². The molecule has 1 unspecified atom stereocenters. The summed E-state index contributed by atoms with van der Waals surface area (Å²) in [5.74, 6) is 1.98. The van der Waals surface area contributed by atoms with Crippen LogP contribution in [0.1, 0.15) is 5.56 Å². The first-order chi connectivity index (χ1) is 7.68. The fourth-order valence-electron chi connectivity index (χ4n) is 2.56. The quantitative estimate of drug-likeness (QED) is 0.794. The van der Waals surface area contributed by atoms with E-state index in [9.17, 15) is 4.79 Å². The molecule has 1 N–H and O–H groups in total. The van der Waals surface area contributed by atoms with E-state index in [4.69, 9.17) is 4.74 Å². The van der Waals surface area contributed by atoms with Crippen molar-refractivity contribution >= 4 is 11.7 Å². The van der Waals surface area contributed by atoms with Gasteiger partial charge in [-0.2, -0.15) is 5.10 Å². The van der Waals surface area contributed by atoms with Crippen molar-refractivity contribution in [2.45, 2.75) is 6.92 Å². The third-order valence-corrected chi connectivity index (χ3v) is 3.62. The zero-order valence-corrected chi connectivity index (χ0v) is 9.43. The number of aryl methyl sites for hydroxylation is 2. The van der Waals surface area contributed by atoms with Crippen LogP contribution >= 0.6 is 0 Å². The summed E-state index contributed by atoms with van der Waals surface area (Å²) >= 11 is 0. The Morgan fingerprint density at radius 2 is 2.25 bits per heavy atom. The zero-order chi connectivity index (χ0) is 11.3. The number of anilines is 1. The Kier molecular flexibility index (Phi) is 2.04. The third-order valence-electron chi connectivity index (χ3n) is 3.62. The first-order valence-electron chi connectivity index (χ1n) is 5.55. The molecule has 0 radical (unpaired) electrons. The van der Waals surface area contributed by atoms with E-state index in [-0.39, 0.29) is 11.8 Å². The fraction of sp³-hybridized carbons (Fsp3) is 0.636. The van der Waals surface area contributed by atoms with Gasteiger partial charge in [0, 0.05) is 18.5 Å². The highest BCUT2D eigenvalue weighted by Crippen LogP contribution is 2.51. The zero-order valence-electron chi connectivity index (χ0n) is 9.43. The van der Waals surface area contributed by atoms with Crippen LogP contribution in [0.3, 0.4) is 0 Å². The molecule has 1 saturated carbocycles. The first kappa shape index (κ1) is 9.84. The number of amides is 1. The van der Waals surface area contributed by atoms with Crippen molar-refractivity contribution < 1.29 is 9.53 Å². The Morgan fingerprint density at radius 3 is 2.81 bits per heavy atom. The van der Waals surface area contributed by atoms with E-state index in [1.165, 1.54) is 0 Å². The second-order valence-electron chi connectivity index (χ2n) is 4.68. The van der Waals surface area contributed by atoms with Crippen molar-refractivity contribution in [2.24, 2.45) is 24.8 Å². The molecule has 2 aliphatic rings. The van der Waals surface area contributed by atoms with Crippen LogP contribution in [-0.4, -0.2) is 28.9 Å². The molecule has 5 heteroatoms. The lowest BCUT2D eigenvalue weighted by Gasteiger charge is -2.08. The summed E-state index contributed by atoms with van der Waals surface area (Å²) in [6.45, 7) is 3.43. The molecular weight excluding hydrogens is 206 g/mol. The maximum Gasteiger partial charge on any atom is 0.229 e. The van der Waals surface area contributed by atoms with E-state index in [0.717, 1.165) is 24.6 Å². The molecule has 0 bridgehead atoms. The van der Waals surface area contributed by atoms with Crippen LogP contribution in [0.2, 0.25) is 0 Å². The lowest BCUT2D eigenvalue weighted by molar-refractivity contribution is -0.118. The molecule has 1 aliphatic carbocycles. The standard InChI is InChI=1S/C11H15N3O2/c1-6-3-12-14(2)10(6)13-11(15)9-7-4-16-5-8(7)9/h3,7-9H,4-5H2,1-2H3,(H,13,15)/t7-,8+,9?. The third kappa shape index (κ3) is 1.35. The molecule has 1 aliphatic heterocycles. The van der Waals surface area contributed by atoms with Crippen molar-refractivity contribution in [3.8, 4) is 0 Å². The largest absolute Gasteiger partial charge is 0.381 e. The Morgan fingerprint density at radius 1 is 1.56 bits per heavy atom. The second-order valence-corrected chi connectivity index (χ2v) is 4.68. The molecule has 1 amide bonds. The van der Waals surface area contributed by atoms with E-state index in [1.54, 1.807) is 10.9 Å². The summed E-state index contributed by atoms with van der Waals surface area (Å²) in [7, 11) is 1.83. The van der Waals surface area contributed by atoms with Gasteiger partial charge in [-0.15, -0.1) is 0 Å². The first-order valence-corrected chi connectivity index (χ1v) is 5.55. The summed E-state index contributed by atoms with van der Waals surface area (Å²) < 4.78 is 6.97. The predicted molar refractivity (Wildman–Crippen MR) is 57.9 cm³/mol. The molecule has 1 aromatic heterocycles. The van der Waals surface area contributed by atoms with E-state index < -0.39 is 0 Å². The van der Waals surface area contributed by atoms with Gasteiger partial charge in [0.15, 0.2) is 0 Å². The molecule has 86 valence electrons. The molecular formula is C11H15N3O2. The van der Waals surface area contributed by atoms with Crippen LogP contribution in [0.5, 0.6) is 0 Å². The number of nitrogens with one attached hydrogen (secondary N) is 1. The number of rotatable bonds is 2. The monoisotopic (exact) mass is 221 g/mol. The Bertz CT molecular complexity index is 411. The van der Waals surface area contributed by atoms with Crippen LogP contribution in [0, 0.1) is 24.7 Å². The Balaban J connectivity index is 1.70. The highest BCUT2D eigenvalue weighted by molar-refractivity contribution is 5.94. The van der Waals surface area contributed by atoms with Gasteiger partial charge < -0.3 is 10.1 Å². The summed E-state index contributed by atoms with van der Waals surface area (Å²) in [5, 5.41) is 7.05. The molecule has 3 rings (SSSR count). The molecule has 2 fully saturated rings. The van der Waals surface area contributed by atoms with Crippen LogP contribution in [0.4, 0.5) is 5.82 Å². The Hall–Kier alpha value is -1.36. The van der Waals surface area contributed by atoms with Gasteiger partial charge in [0.2, 0.25) is 5.91 Å². The number of hydrogen-bond acceptors (Lipinski definition) is 3. The van der Waals surface area contributed by atoms with Crippen molar-refractivity contribution in [3.63, 3.8) is 0 Å². The van der Waals surface area contributed by atoms with Gasteiger partial charge in [-0.25, -0.2) is 0 Å². The molecule has 2 heterocycles. The fourth-order valence-corrected chi connectivity index (χ4v) is 2.56. The average molecular weight is 221 g/mol. The summed E-state index contributed by atoms with van der Waals surface area (Å²) in [6.07, 6.45) is 1.76. The summed E-state index contributed by atoms with van der Waals surface area (Å²) in [6, 6.07) is 0. The van der Waals surface area contributed by atoms with Crippen molar-refractivity contribution in [1.29, 1.82) is 0 Å². The van der Waals surface area contributed by atoms with Crippen LogP contribution in [-0.2, 0) is 16.6 Å². The number of carbonyl (C=O) groups excluding carboxylic acids is 1. The van der Waals surface area contributed by atoms with Gasteiger partial charge in [-0.1, -0.05) is 0 Å². The topological polar surface area (TPSA) is 56.2 Å². The maximum absolute atomic E-state index is 12.0. The van der Waals surface area contributed by atoms with Gasteiger partial charge in [-0.05, 0) is 18.8 Å². The smallest absolute Gasteiger partial charge is 0.229 e. The number of hydrogen-bond donors (Lipinski definition) is 1. The van der Waals surface area contributed by atoms with Gasteiger partial charge >= 0.3 is 0 Å². The molecule has 1 saturated heterocycles. The van der Waals surface area contributed by atoms with Gasteiger partial charge in [-0.3, -0.25) is 9.48 Å². The molecule has 1 aromatic rings.